The van der Waals surface area contributed by atoms with Crippen molar-refractivity contribution in [3.05, 3.63) is 44.5 Å². The average molecular weight is 549 g/mol. The van der Waals surface area contributed by atoms with Crippen LogP contribution in [0.1, 0.15) is 19.8 Å². The van der Waals surface area contributed by atoms with Crippen molar-refractivity contribution in [2.24, 2.45) is 10.9 Å². The number of halogens is 2. The zero-order chi connectivity index (χ0) is 23.6. The van der Waals surface area contributed by atoms with E-state index >= 15 is 0 Å². The van der Waals surface area contributed by atoms with Crippen LogP contribution in [0.15, 0.2) is 38.8 Å². The summed E-state index contributed by atoms with van der Waals surface area (Å²) in [5, 5.41) is 2.82. The molecule has 1 aliphatic rings. The summed E-state index contributed by atoms with van der Waals surface area (Å²) in [5.74, 6) is -0.594. The maximum atomic E-state index is 13.0. The summed E-state index contributed by atoms with van der Waals surface area (Å²) >= 11 is 15.3. The van der Waals surface area contributed by atoms with Crippen molar-refractivity contribution < 1.29 is 17.9 Å². The molecule has 3 heterocycles. The first kappa shape index (κ1) is 24.8. The van der Waals surface area contributed by atoms with Crippen LogP contribution in [0, 0.1) is 5.92 Å². The van der Waals surface area contributed by atoms with E-state index in [2.05, 4.69) is 4.99 Å². The molecule has 0 saturated carbocycles. The van der Waals surface area contributed by atoms with Gasteiger partial charge in [0, 0.05) is 32.2 Å². The van der Waals surface area contributed by atoms with Crippen LogP contribution in [0.3, 0.4) is 0 Å². The second-order valence-electron chi connectivity index (χ2n) is 7.50. The largest absolute Gasteiger partial charge is 0.380 e. The third kappa shape index (κ3) is 5.22. The maximum Gasteiger partial charge on any atom is 0.252 e. The van der Waals surface area contributed by atoms with Gasteiger partial charge in [0.15, 0.2) is 4.80 Å². The summed E-state index contributed by atoms with van der Waals surface area (Å²) in [7, 11) is -3.51. The quantitative estimate of drug-likeness (QED) is 0.403. The standard InChI is InChI=1S/C21H23Cl2N3O4S3/c1-2-30-12-11-26-18-15(22)5-6-16(23)19(18)32-21(26)24-20(27)14-7-9-25(10-8-14)33(28,29)17-4-3-13-31-17/h3-6,13-14H,2,7-12H2,1H3. The first-order valence-corrected chi connectivity index (χ1v) is 14.4. The van der Waals surface area contributed by atoms with E-state index in [1.807, 2.05) is 11.5 Å². The molecule has 0 unspecified atom stereocenters. The fourth-order valence-electron chi connectivity index (χ4n) is 3.77. The normalized spacial score (nSPS) is 16.6. The third-order valence-electron chi connectivity index (χ3n) is 5.49. The molecule has 2 aromatic heterocycles. The number of fused-ring (bicyclic) bond motifs is 1. The Morgan fingerprint density at radius 1 is 1.21 bits per heavy atom. The lowest BCUT2D eigenvalue weighted by molar-refractivity contribution is -0.122. The van der Waals surface area contributed by atoms with Gasteiger partial charge in [-0.3, -0.25) is 4.79 Å². The molecule has 4 rings (SSSR count). The number of thiophene rings is 1. The molecule has 1 aromatic carbocycles. The number of carbonyl (C=O) groups excluding carboxylic acids is 1. The fraction of sp³-hybridized carbons (Fsp3) is 0.429. The van der Waals surface area contributed by atoms with Crippen LogP contribution in [0.2, 0.25) is 10.0 Å². The number of benzene rings is 1. The van der Waals surface area contributed by atoms with Gasteiger partial charge in [-0.15, -0.1) is 11.3 Å². The molecule has 1 aliphatic heterocycles. The van der Waals surface area contributed by atoms with Gasteiger partial charge < -0.3 is 9.30 Å². The monoisotopic (exact) mass is 547 g/mol. The lowest BCUT2D eigenvalue weighted by Crippen LogP contribution is -2.40. The molecule has 1 saturated heterocycles. The Hall–Kier alpha value is -1.27. The van der Waals surface area contributed by atoms with Crippen molar-refractivity contribution in [1.82, 2.24) is 8.87 Å². The number of ether oxygens (including phenoxy) is 1. The number of hydrogen-bond acceptors (Lipinski definition) is 6. The van der Waals surface area contributed by atoms with E-state index in [1.54, 1.807) is 29.6 Å². The Labute approximate surface area is 210 Å². The Morgan fingerprint density at radius 3 is 2.61 bits per heavy atom. The Kier molecular flexibility index (Phi) is 7.95. The predicted molar refractivity (Wildman–Crippen MR) is 133 cm³/mol. The SMILES string of the molecule is CCOCCn1c(=NC(=O)C2CCN(S(=O)(=O)c3cccs3)CC2)sc2c(Cl)ccc(Cl)c21. The summed E-state index contributed by atoms with van der Waals surface area (Å²) in [4.78, 5) is 18.0. The van der Waals surface area contributed by atoms with Gasteiger partial charge in [0.25, 0.3) is 15.9 Å². The third-order valence-corrected chi connectivity index (χ3v) is 10.6. The van der Waals surface area contributed by atoms with E-state index in [0.717, 1.165) is 10.2 Å². The van der Waals surface area contributed by atoms with Crippen molar-refractivity contribution >= 4 is 72.0 Å². The van der Waals surface area contributed by atoms with Crippen molar-refractivity contribution in [3.63, 3.8) is 0 Å². The molecule has 3 aromatic rings. The molecule has 0 bridgehead atoms. The van der Waals surface area contributed by atoms with Gasteiger partial charge in [-0.25, -0.2) is 8.42 Å². The van der Waals surface area contributed by atoms with Crippen LogP contribution in [0.25, 0.3) is 10.2 Å². The van der Waals surface area contributed by atoms with E-state index < -0.39 is 10.0 Å². The minimum Gasteiger partial charge on any atom is -0.380 e. The highest BCUT2D eigenvalue weighted by molar-refractivity contribution is 7.91. The van der Waals surface area contributed by atoms with E-state index in [9.17, 15) is 13.2 Å². The summed E-state index contributed by atoms with van der Waals surface area (Å²) < 4.78 is 35.4. The van der Waals surface area contributed by atoms with Crippen molar-refractivity contribution in [2.75, 3.05) is 26.3 Å². The Bertz CT molecular complexity index is 1310. The van der Waals surface area contributed by atoms with E-state index in [0.29, 0.717) is 64.7 Å². The zero-order valence-corrected chi connectivity index (χ0v) is 21.8. The molecule has 1 fully saturated rings. The number of nitrogens with zero attached hydrogens (tertiary/aromatic N) is 3. The number of rotatable bonds is 7. The number of hydrogen-bond donors (Lipinski definition) is 0. The highest BCUT2D eigenvalue weighted by Crippen LogP contribution is 2.32. The van der Waals surface area contributed by atoms with Crippen LogP contribution in [0.4, 0.5) is 0 Å². The Balaban J connectivity index is 1.57. The van der Waals surface area contributed by atoms with Crippen LogP contribution in [-0.4, -0.2) is 49.5 Å². The average Bonchev–Trinajstić information content (AvgIpc) is 3.47. The van der Waals surface area contributed by atoms with Crippen LogP contribution < -0.4 is 4.80 Å². The number of aromatic nitrogens is 1. The van der Waals surface area contributed by atoms with Gasteiger partial charge in [-0.2, -0.15) is 9.30 Å². The molecule has 0 atom stereocenters. The number of carbonyl (C=O) groups is 1. The van der Waals surface area contributed by atoms with Gasteiger partial charge in [-0.1, -0.05) is 40.6 Å². The van der Waals surface area contributed by atoms with Gasteiger partial charge in [0.2, 0.25) is 0 Å². The van der Waals surface area contributed by atoms with Gasteiger partial charge >= 0.3 is 0 Å². The molecule has 0 spiro atoms. The molecule has 33 heavy (non-hydrogen) atoms. The second-order valence-corrected chi connectivity index (χ2v) is 12.4. The maximum absolute atomic E-state index is 13.0. The summed E-state index contributed by atoms with van der Waals surface area (Å²) in [5.41, 5.74) is 0.734. The number of piperidine rings is 1. The van der Waals surface area contributed by atoms with Gasteiger partial charge in [0.05, 0.1) is 26.9 Å². The molecule has 1 amide bonds. The molecule has 0 N–H and O–H groups in total. The van der Waals surface area contributed by atoms with Crippen LogP contribution in [0.5, 0.6) is 0 Å². The lowest BCUT2D eigenvalue weighted by Gasteiger charge is -2.29. The van der Waals surface area contributed by atoms with E-state index in [4.69, 9.17) is 27.9 Å². The minimum atomic E-state index is -3.51. The minimum absolute atomic E-state index is 0.257. The fourth-order valence-corrected chi connectivity index (χ4v) is 8.06. The van der Waals surface area contributed by atoms with Crippen molar-refractivity contribution in [3.8, 4) is 0 Å². The van der Waals surface area contributed by atoms with E-state index in [-0.39, 0.29) is 11.8 Å². The zero-order valence-electron chi connectivity index (χ0n) is 17.9. The Morgan fingerprint density at radius 2 is 1.94 bits per heavy atom. The first-order chi connectivity index (χ1) is 15.8. The van der Waals surface area contributed by atoms with Crippen LogP contribution in [-0.2, 0) is 26.1 Å². The predicted octanol–water partition coefficient (Wildman–Crippen LogP) is 4.64. The lowest BCUT2D eigenvalue weighted by atomic mass is 9.98. The van der Waals surface area contributed by atoms with Gasteiger partial charge in [0.1, 0.15) is 4.21 Å². The topological polar surface area (TPSA) is 81.0 Å². The molecule has 0 radical (unpaired) electrons. The van der Waals surface area contributed by atoms with Crippen molar-refractivity contribution in [1.29, 1.82) is 0 Å². The number of thiazole rings is 1. The highest BCUT2D eigenvalue weighted by atomic mass is 35.5. The smallest absolute Gasteiger partial charge is 0.252 e. The first-order valence-electron chi connectivity index (χ1n) is 10.5. The van der Waals surface area contributed by atoms with Gasteiger partial charge in [-0.05, 0) is 43.3 Å². The van der Waals surface area contributed by atoms with Crippen LogP contribution >= 0.6 is 45.9 Å². The van der Waals surface area contributed by atoms with Crippen molar-refractivity contribution in [2.45, 2.75) is 30.5 Å². The number of amides is 1. The number of sulfonamides is 1. The molecule has 12 heteroatoms. The summed E-state index contributed by atoms with van der Waals surface area (Å²) in [6.45, 7) is 4.01. The second kappa shape index (κ2) is 10.6. The van der Waals surface area contributed by atoms with E-state index in [1.165, 1.54) is 27.0 Å². The molecular formula is C21H23Cl2N3O4S3. The summed E-state index contributed by atoms with van der Waals surface area (Å²) in [6.07, 6.45) is 0.858. The molecule has 178 valence electrons. The summed E-state index contributed by atoms with van der Waals surface area (Å²) in [6, 6.07) is 6.78. The molecular weight excluding hydrogens is 525 g/mol. The molecule has 7 nitrogen and oxygen atoms in total. The highest BCUT2D eigenvalue weighted by Gasteiger charge is 2.32. The molecule has 0 aliphatic carbocycles.